The summed E-state index contributed by atoms with van der Waals surface area (Å²) in [5.41, 5.74) is 0.556. The van der Waals surface area contributed by atoms with E-state index < -0.39 is 9.84 Å². The highest BCUT2D eigenvalue weighted by Gasteiger charge is 2.16. The lowest BCUT2D eigenvalue weighted by molar-refractivity contribution is 0.593. The minimum absolute atomic E-state index is 0.0478. The molecule has 0 amide bonds. The summed E-state index contributed by atoms with van der Waals surface area (Å²) in [6.45, 7) is 3.41. The second kappa shape index (κ2) is 6.46. The Hall–Kier alpha value is 0.0300. The zero-order valence-corrected chi connectivity index (χ0v) is 13.9. The van der Waals surface area contributed by atoms with Crippen molar-refractivity contribution < 1.29 is 8.42 Å². The highest BCUT2D eigenvalue weighted by Crippen LogP contribution is 2.34. The van der Waals surface area contributed by atoms with Crippen LogP contribution in [0.15, 0.2) is 16.6 Å². The molecule has 7 heteroatoms. The molecule has 0 radical (unpaired) electrons. The maximum absolute atomic E-state index is 11.5. The van der Waals surface area contributed by atoms with Crippen LogP contribution in [0.4, 0.5) is 5.69 Å². The molecule has 1 N–H and O–H groups in total. The van der Waals surface area contributed by atoms with Gasteiger partial charge in [-0.15, -0.1) is 0 Å². The number of sulfone groups is 1. The number of rotatable bonds is 5. The molecule has 18 heavy (non-hydrogen) atoms. The second-order valence-corrected chi connectivity index (χ2v) is 8.12. The normalized spacial score (nSPS) is 13.4. The Morgan fingerprint density at radius 1 is 1.33 bits per heavy atom. The number of hydrogen-bond acceptors (Lipinski definition) is 3. The molecule has 1 aromatic rings. The van der Waals surface area contributed by atoms with Crippen molar-refractivity contribution in [3.8, 4) is 0 Å². The van der Waals surface area contributed by atoms with Gasteiger partial charge in [0.05, 0.1) is 21.5 Å². The molecular formula is C11H14BrCl2NO2S. The molecule has 102 valence electrons. The molecule has 0 aliphatic heterocycles. The van der Waals surface area contributed by atoms with Gasteiger partial charge in [0, 0.05) is 16.3 Å². The number of hydrogen-bond donors (Lipinski definition) is 1. The Morgan fingerprint density at radius 3 is 2.28 bits per heavy atom. The molecule has 0 aromatic heterocycles. The van der Waals surface area contributed by atoms with Gasteiger partial charge in [0.15, 0.2) is 9.84 Å². The first-order valence-corrected chi connectivity index (χ1v) is 8.73. The average molecular weight is 375 g/mol. The van der Waals surface area contributed by atoms with E-state index in [9.17, 15) is 8.42 Å². The Labute approximate surface area is 126 Å². The van der Waals surface area contributed by atoms with Crippen molar-refractivity contribution in [3.05, 3.63) is 26.7 Å². The van der Waals surface area contributed by atoms with Gasteiger partial charge >= 0.3 is 0 Å². The van der Waals surface area contributed by atoms with Crippen molar-refractivity contribution >= 4 is 54.7 Å². The molecule has 0 saturated carbocycles. The molecule has 1 unspecified atom stereocenters. The fourth-order valence-corrected chi connectivity index (χ4v) is 3.87. The number of halogens is 3. The zero-order chi connectivity index (χ0) is 13.9. The topological polar surface area (TPSA) is 46.2 Å². The first kappa shape index (κ1) is 16.1. The quantitative estimate of drug-likeness (QED) is 0.847. The van der Waals surface area contributed by atoms with Crippen LogP contribution in [-0.2, 0) is 9.84 Å². The van der Waals surface area contributed by atoms with Crippen LogP contribution in [0.2, 0.25) is 10.0 Å². The van der Waals surface area contributed by atoms with Crippen LogP contribution >= 0.6 is 39.1 Å². The van der Waals surface area contributed by atoms with Gasteiger partial charge in [-0.2, -0.15) is 0 Å². The summed E-state index contributed by atoms with van der Waals surface area (Å²) in [5.74, 6) is 0.174. The molecule has 0 saturated heterocycles. The second-order valence-electron chi connectivity index (χ2n) is 3.99. The smallest absolute Gasteiger partial charge is 0.152 e. The van der Waals surface area contributed by atoms with E-state index in [1.165, 1.54) is 0 Å². The van der Waals surface area contributed by atoms with Gasteiger partial charge in [0.1, 0.15) is 0 Å². The third kappa shape index (κ3) is 4.61. The van der Waals surface area contributed by atoms with E-state index in [0.29, 0.717) is 15.7 Å². The first-order chi connectivity index (χ1) is 8.25. The Bertz CT molecular complexity index is 511. The summed E-state index contributed by atoms with van der Waals surface area (Å²) in [4.78, 5) is 0. The SMILES string of the molecule is CCS(=O)(=O)CC(C)Nc1c(Cl)cc(Br)cc1Cl. The van der Waals surface area contributed by atoms with E-state index in [2.05, 4.69) is 21.2 Å². The number of benzene rings is 1. The maximum atomic E-state index is 11.5. The summed E-state index contributed by atoms with van der Waals surface area (Å²) in [5, 5.41) is 3.94. The van der Waals surface area contributed by atoms with E-state index >= 15 is 0 Å². The van der Waals surface area contributed by atoms with Crippen molar-refractivity contribution in [1.82, 2.24) is 0 Å². The molecule has 0 aliphatic rings. The summed E-state index contributed by atoms with van der Waals surface area (Å²) in [6.07, 6.45) is 0. The molecule has 0 bridgehead atoms. The molecular weight excluding hydrogens is 361 g/mol. The van der Waals surface area contributed by atoms with Crippen LogP contribution in [-0.4, -0.2) is 26.0 Å². The van der Waals surface area contributed by atoms with Crippen LogP contribution in [0.3, 0.4) is 0 Å². The number of nitrogens with one attached hydrogen (secondary N) is 1. The molecule has 0 fully saturated rings. The largest absolute Gasteiger partial charge is 0.379 e. The lowest BCUT2D eigenvalue weighted by atomic mass is 10.3. The highest BCUT2D eigenvalue weighted by atomic mass is 79.9. The van der Waals surface area contributed by atoms with E-state index in [1.807, 2.05) is 0 Å². The lowest BCUT2D eigenvalue weighted by Crippen LogP contribution is -2.27. The van der Waals surface area contributed by atoms with Crippen LogP contribution in [0.25, 0.3) is 0 Å². The summed E-state index contributed by atoms with van der Waals surface area (Å²) < 4.78 is 23.8. The van der Waals surface area contributed by atoms with E-state index in [4.69, 9.17) is 23.2 Å². The average Bonchev–Trinajstić information content (AvgIpc) is 2.22. The van der Waals surface area contributed by atoms with Crippen molar-refractivity contribution in [2.45, 2.75) is 19.9 Å². The molecule has 0 spiro atoms. The van der Waals surface area contributed by atoms with Gasteiger partial charge in [0.25, 0.3) is 0 Å². The zero-order valence-electron chi connectivity index (χ0n) is 10.0. The van der Waals surface area contributed by atoms with E-state index in [1.54, 1.807) is 26.0 Å². The molecule has 1 atom stereocenters. The van der Waals surface area contributed by atoms with Crippen LogP contribution in [0.5, 0.6) is 0 Å². The Kier molecular flexibility index (Phi) is 5.77. The van der Waals surface area contributed by atoms with Crippen LogP contribution in [0.1, 0.15) is 13.8 Å². The van der Waals surface area contributed by atoms with Gasteiger partial charge in [-0.3, -0.25) is 0 Å². The Balaban J connectivity index is 2.86. The fraction of sp³-hybridized carbons (Fsp3) is 0.455. The maximum Gasteiger partial charge on any atom is 0.152 e. The van der Waals surface area contributed by atoms with Crippen LogP contribution < -0.4 is 5.32 Å². The van der Waals surface area contributed by atoms with Crippen molar-refractivity contribution in [2.24, 2.45) is 0 Å². The van der Waals surface area contributed by atoms with E-state index in [0.717, 1.165) is 4.47 Å². The summed E-state index contributed by atoms with van der Waals surface area (Å²) in [6, 6.07) is 3.15. The third-order valence-corrected chi connectivity index (χ3v) is 5.28. The van der Waals surface area contributed by atoms with Crippen molar-refractivity contribution in [2.75, 3.05) is 16.8 Å². The standard InChI is InChI=1S/C11H14BrCl2NO2S/c1-3-18(16,17)6-7(2)15-11-9(13)4-8(12)5-10(11)14/h4-5,7,15H,3,6H2,1-2H3. The predicted molar refractivity (Wildman–Crippen MR) is 81.6 cm³/mol. The monoisotopic (exact) mass is 373 g/mol. The molecule has 3 nitrogen and oxygen atoms in total. The molecule has 0 aliphatic carbocycles. The fourth-order valence-electron chi connectivity index (χ4n) is 1.47. The van der Waals surface area contributed by atoms with Gasteiger partial charge in [-0.1, -0.05) is 46.1 Å². The summed E-state index contributed by atoms with van der Waals surface area (Å²) >= 11 is 15.4. The third-order valence-electron chi connectivity index (χ3n) is 2.34. The van der Waals surface area contributed by atoms with Crippen LogP contribution in [0, 0.1) is 0 Å². The van der Waals surface area contributed by atoms with Gasteiger partial charge < -0.3 is 5.32 Å². The van der Waals surface area contributed by atoms with Gasteiger partial charge in [0.2, 0.25) is 0 Å². The minimum atomic E-state index is -3.03. The first-order valence-electron chi connectivity index (χ1n) is 5.36. The van der Waals surface area contributed by atoms with Gasteiger partial charge in [-0.25, -0.2) is 8.42 Å². The molecule has 0 heterocycles. The Morgan fingerprint density at radius 2 is 1.83 bits per heavy atom. The predicted octanol–water partition coefficient (Wildman–Crippen LogP) is 3.99. The van der Waals surface area contributed by atoms with E-state index in [-0.39, 0.29) is 17.5 Å². The molecule has 1 rings (SSSR count). The lowest BCUT2D eigenvalue weighted by Gasteiger charge is -2.17. The van der Waals surface area contributed by atoms with Gasteiger partial charge in [-0.05, 0) is 19.1 Å². The van der Waals surface area contributed by atoms with Crippen molar-refractivity contribution in [1.29, 1.82) is 0 Å². The molecule has 1 aromatic carbocycles. The number of anilines is 1. The minimum Gasteiger partial charge on any atom is -0.379 e. The van der Waals surface area contributed by atoms with Crippen molar-refractivity contribution in [3.63, 3.8) is 0 Å². The summed E-state index contributed by atoms with van der Waals surface area (Å²) in [7, 11) is -3.03. The highest BCUT2D eigenvalue weighted by molar-refractivity contribution is 9.10.